The van der Waals surface area contributed by atoms with Crippen LogP contribution < -0.4 is 10.3 Å². The third-order valence-electron chi connectivity index (χ3n) is 4.45. The van der Waals surface area contributed by atoms with Crippen LogP contribution in [-0.4, -0.2) is 16.7 Å². The summed E-state index contributed by atoms with van der Waals surface area (Å²) >= 11 is 0. The molecule has 1 heterocycles. The largest absolute Gasteiger partial charge is 0.496 e. The Hall–Kier alpha value is -2.88. The number of methoxy groups -OCH3 is 1. The number of para-hydroxylation sites is 1. The van der Waals surface area contributed by atoms with Crippen LogP contribution in [0.15, 0.2) is 59.4 Å². The molecule has 0 fully saturated rings. The van der Waals surface area contributed by atoms with E-state index in [9.17, 15) is 4.79 Å². The van der Waals surface area contributed by atoms with Gasteiger partial charge >= 0.3 is 0 Å². The van der Waals surface area contributed by atoms with Crippen molar-refractivity contribution < 1.29 is 4.74 Å². The van der Waals surface area contributed by atoms with Crippen molar-refractivity contribution in [3.63, 3.8) is 0 Å². The zero-order valence-electron chi connectivity index (χ0n) is 14.8. The minimum atomic E-state index is 0.00402. The maximum absolute atomic E-state index is 12.9. The number of aromatic nitrogens is 2. The van der Waals surface area contributed by atoms with E-state index in [1.165, 1.54) is 5.56 Å². The Morgan fingerprint density at radius 3 is 2.40 bits per heavy atom. The third kappa shape index (κ3) is 3.48. The number of ether oxygens (including phenoxy) is 1. The first kappa shape index (κ1) is 17.0. The minimum Gasteiger partial charge on any atom is -0.496 e. The van der Waals surface area contributed by atoms with Gasteiger partial charge in [-0.25, -0.2) is 4.98 Å². The molecule has 4 nitrogen and oxygen atoms in total. The van der Waals surface area contributed by atoms with Gasteiger partial charge in [0.05, 0.1) is 12.7 Å². The normalized spacial score (nSPS) is 10.7. The Morgan fingerprint density at radius 1 is 1.00 bits per heavy atom. The predicted octanol–water partition coefficient (Wildman–Crippen LogP) is 3.78. The number of aryl methyl sites for hydroxylation is 2. The summed E-state index contributed by atoms with van der Waals surface area (Å²) < 4.78 is 7.23. The lowest BCUT2D eigenvalue weighted by atomic mass is 10.1. The number of benzene rings is 2. The van der Waals surface area contributed by atoms with E-state index in [1.807, 2.05) is 56.3 Å². The molecule has 3 rings (SSSR count). The van der Waals surface area contributed by atoms with Crippen molar-refractivity contribution in [3.05, 3.63) is 81.8 Å². The van der Waals surface area contributed by atoms with Crippen LogP contribution in [0.4, 0.5) is 0 Å². The molecule has 0 atom stereocenters. The van der Waals surface area contributed by atoms with Crippen molar-refractivity contribution >= 4 is 0 Å². The van der Waals surface area contributed by atoms with Gasteiger partial charge in [-0.3, -0.25) is 9.36 Å². The van der Waals surface area contributed by atoms with Crippen LogP contribution in [0.5, 0.6) is 5.75 Å². The van der Waals surface area contributed by atoms with Crippen LogP contribution in [0, 0.1) is 13.8 Å². The van der Waals surface area contributed by atoms with Crippen LogP contribution in [0.25, 0.3) is 11.4 Å². The molecule has 0 N–H and O–H groups in total. The van der Waals surface area contributed by atoms with Crippen molar-refractivity contribution in [1.29, 1.82) is 0 Å². The number of nitrogens with zero attached hydrogens (tertiary/aromatic N) is 2. The first-order chi connectivity index (χ1) is 12.1. The van der Waals surface area contributed by atoms with Crippen molar-refractivity contribution in [3.8, 4) is 17.1 Å². The summed E-state index contributed by atoms with van der Waals surface area (Å²) in [5.74, 6) is 1.37. The summed E-state index contributed by atoms with van der Waals surface area (Å²) in [6.45, 7) is 4.28. The average Bonchev–Trinajstić information content (AvgIpc) is 2.66. The predicted molar refractivity (Wildman–Crippen MR) is 100 cm³/mol. The zero-order valence-corrected chi connectivity index (χ0v) is 14.8. The van der Waals surface area contributed by atoms with Gasteiger partial charge in [0.2, 0.25) is 0 Å². The van der Waals surface area contributed by atoms with Crippen molar-refractivity contribution in [1.82, 2.24) is 9.55 Å². The molecule has 2 aromatic carbocycles. The lowest BCUT2D eigenvalue weighted by Crippen LogP contribution is -2.27. The van der Waals surface area contributed by atoms with E-state index < -0.39 is 0 Å². The van der Waals surface area contributed by atoms with Gasteiger partial charge in [-0.1, -0.05) is 42.5 Å². The molecule has 1 aromatic heterocycles. The zero-order chi connectivity index (χ0) is 17.8. The molecule has 128 valence electrons. The van der Waals surface area contributed by atoms with Crippen LogP contribution in [-0.2, 0) is 13.0 Å². The standard InChI is InChI=1S/C21H22N2O2/c1-15-16(2)22-20(18-11-7-8-12-19(18)25-3)23(21(15)24)14-13-17-9-5-4-6-10-17/h4-12H,13-14H2,1-3H3. The lowest BCUT2D eigenvalue weighted by molar-refractivity contribution is 0.415. The molecule has 0 unspecified atom stereocenters. The Bertz CT molecular complexity index is 930. The SMILES string of the molecule is COc1ccccc1-c1nc(C)c(C)c(=O)n1CCc1ccccc1. The van der Waals surface area contributed by atoms with Gasteiger partial charge < -0.3 is 4.74 Å². The van der Waals surface area contributed by atoms with Gasteiger partial charge in [-0.05, 0) is 38.0 Å². The summed E-state index contributed by atoms with van der Waals surface area (Å²) in [4.78, 5) is 17.6. The maximum Gasteiger partial charge on any atom is 0.256 e. The quantitative estimate of drug-likeness (QED) is 0.713. The van der Waals surface area contributed by atoms with Crippen LogP contribution >= 0.6 is 0 Å². The Labute approximate surface area is 147 Å². The van der Waals surface area contributed by atoms with E-state index in [0.717, 1.165) is 17.7 Å². The second-order valence-corrected chi connectivity index (χ2v) is 6.04. The van der Waals surface area contributed by atoms with Gasteiger partial charge in [0.15, 0.2) is 0 Å². The van der Waals surface area contributed by atoms with Crippen LogP contribution in [0.2, 0.25) is 0 Å². The lowest BCUT2D eigenvalue weighted by Gasteiger charge is -2.16. The molecule has 0 amide bonds. The minimum absolute atomic E-state index is 0.00402. The third-order valence-corrected chi connectivity index (χ3v) is 4.45. The fourth-order valence-electron chi connectivity index (χ4n) is 2.88. The summed E-state index contributed by atoms with van der Waals surface area (Å²) in [7, 11) is 1.63. The highest BCUT2D eigenvalue weighted by Crippen LogP contribution is 2.28. The molecule has 0 saturated carbocycles. The van der Waals surface area contributed by atoms with E-state index in [0.29, 0.717) is 23.7 Å². The summed E-state index contributed by atoms with van der Waals surface area (Å²) in [6, 6.07) is 17.8. The molecule has 0 saturated heterocycles. The molecule has 0 aliphatic rings. The highest BCUT2D eigenvalue weighted by atomic mass is 16.5. The second-order valence-electron chi connectivity index (χ2n) is 6.04. The van der Waals surface area contributed by atoms with Crippen LogP contribution in [0.1, 0.15) is 16.8 Å². The average molecular weight is 334 g/mol. The monoisotopic (exact) mass is 334 g/mol. The molecule has 0 bridgehead atoms. The molecule has 0 aliphatic heterocycles. The highest BCUT2D eigenvalue weighted by Gasteiger charge is 2.16. The molecule has 25 heavy (non-hydrogen) atoms. The fraction of sp³-hybridized carbons (Fsp3) is 0.238. The van der Waals surface area contributed by atoms with Crippen molar-refractivity contribution in [2.75, 3.05) is 7.11 Å². The van der Waals surface area contributed by atoms with E-state index in [1.54, 1.807) is 11.7 Å². The molecule has 3 aromatic rings. The second kappa shape index (κ2) is 7.34. The van der Waals surface area contributed by atoms with Gasteiger partial charge in [0, 0.05) is 17.8 Å². The Balaban J connectivity index is 2.10. The Kier molecular flexibility index (Phi) is 4.98. The molecule has 0 aliphatic carbocycles. The summed E-state index contributed by atoms with van der Waals surface area (Å²) in [5, 5.41) is 0. The molecular formula is C21H22N2O2. The van der Waals surface area contributed by atoms with E-state index in [-0.39, 0.29) is 5.56 Å². The number of hydrogen-bond acceptors (Lipinski definition) is 3. The summed E-state index contributed by atoms with van der Waals surface area (Å²) in [6.07, 6.45) is 0.771. The Morgan fingerprint density at radius 2 is 1.68 bits per heavy atom. The van der Waals surface area contributed by atoms with Gasteiger partial charge in [0.25, 0.3) is 5.56 Å². The van der Waals surface area contributed by atoms with Crippen molar-refractivity contribution in [2.45, 2.75) is 26.8 Å². The van der Waals surface area contributed by atoms with Gasteiger partial charge in [-0.2, -0.15) is 0 Å². The van der Waals surface area contributed by atoms with E-state index >= 15 is 0 Å². The van der Waals surface area contributed by atoms with Gasteiger partial charge in [-0.15, -0.1) is 0 Å². The molecule has 0 radical (unpaired) electrons. The summed E-state index contributed by atoms with van der Waals surface area (Å²) in [5.41, 5.74) is 3.47. The fourth-order valence-corrected chi connectivity index (χ4v) is 2.88. The van der Waals surface area contributed by atoms with E-state index in [2.05, 4.69) is 12.1 Å². The first-order valence-corrected chi connectivity index (χ1v) is 8.37. The molecule has 4 heteroatoms. The number of rotatable bonds is 5. The molecule has 0 spiro atoms. The highest BCUT2D eigenvalue weighted by molar-refractivity contribution is 5.64. The first-order valence-electron chi connectivity index (χ1n) is 8.37. The molecular weight excluding hydrogens is 312 g/mol. The number of hydrogen-bond donors (Lipinski definition) is 0. The maximum atomic E-state index is 12.9. The smallest absolute Gasteiger partial charge is 0.256 e. The van der Waals surface area contributed by atoms with Crippen molar-refractivity contribution in [2.24, 2.45) is 0 Å². The topological polar surface area (TPSA) is 44.1 Å². The van der Waals surface area contributed by atoms with E-state index in [4.69, 9.17) is 9.72 Å². The van der Waals surface area contributed by atoms with Crippen LogP contribution in [0.3, 0.4) is 0 Å². The van der Waals surface area contributed by atoms with Gasteiger partial charge in [0.1, 0.15) is 11.6 Å².